The maximum absolute atomic E-state index is 5.53. The van der Waals surface area contributed by atoms with Crippen molar-refractivity contribution >= 4 is 0 Å². The molecule has 0 spiro atoms. The zero-order valence-electron chi connectivity index (χ0n) is 7.19. The van der Waals surface area contributed by atoms with Crippen LogP contribution in [0, 0.1) is 0 Å². The van der Waals surface area contributed by atoms with Crippen LogP contribution in [-0.2, 0) is 0 Å². The Bertz CT molecular complexity index is 312. The van der Waals surface area contributed by atoms with Crippen LogP contribution in [-0.4, -0.2) is 13.2 Å². The molecule has 1 aliphatic heterocycles. The minimum Gasteiger partial charge on any atom is -0.486 e. The van der Waals surface area contributed by atoms with Crippen LogP contribution in [0.25, 0.3) is 0 Å². The zero-order valence-corrected chi connectivity index (χ0v) is 7.19. The fraction of sp³-hybridized carbons (Fsp3) is 0.333. The first-order valence-corrected chi connectivity index (χ1v) is 4.18. The molecule has 0 saturated heterocycles. The molecule has 0 bridgehead atoms. The van der Waals surface area contributed by atoms with Crippen LogP contribution in [0.2, 0.25) is 0 Å². The van der Waals surface area contributed by atoms with Crippen molar-refractivity contribution in [1.29, 1.82) is 0 Å². The lowest BCUT2D eigenvalue weighted by molar-refractivity contribution is 0.171. The van der Waals surface area contributed by atoms with E-state index in [-0.39, 0.29) is 0 Å². The lowest BCUT2D eigenvalue weighted by Crippen LogP contribution is -2.21. The predicted octanol–water partition coefficient (Wildman–Crippen LogP) is 0.374. The Kier molecular flexibility index (Phi) is 2.08. The molecule has 4 nitrogen and oxygen atoms in total. The van der Waals surface area contributed by atoms with E-state index in [1.807, 2.05) is 18.2 Å². The van der Waals surface area contributed by atoms with Crippen LogP contribution in [0.5, 0.6) is 11.5 Å². The first kappa shape index (κ1) is 8.34. The van der Waals surface area contributed by atoms with Crippen molar-refractivity contribution in [3.05, 3.63) is 23.8 Å². The number of nitrogens with two attached hydrogens (primary N) is 2. The molecule has 0 radical (unpaired) electrons. The highest BCUT2D eigenvalue weighted by Crippen LogP contribution is 2.31. The number of benzene rings is 1. The van der Waals surface area contributed by atoms with Gasteiger partial charge < -0.3 is 20.9 Å². The topological polar surface area (TPSA) is 70.5 Å². The van der Waals surface area contributed by atoms with Crippen LogP contribution < -0.4 is 20.9 Å². The molecule has 0 aromatic heterocycles. The molecule has 1 aromatic carbocycles. The average molecular weight is 180 g/mol. The molecule has 1 heterocycles. The van der Waals surface area contributed by atoms with Gasteiger partial charge in [-0.15, -0.1) is 0 Å². The van der Waals surface area contributed by atoms with Crippen LogP contribution in [0.4, 0.5) is 0 Å². The monoisotopic (exact) mass is 180 g/mol. The second-order valence-electron chi connectivity index (χ2n) is 2.93. The summed E-state index contributed by atoms with van der Waals surface area (Å²) in [6.07, 6.45) is -0.462. The summed E-state index contributed by atoms with van der Waals surface area (Å²) in [5.41, 5.74) is 11.9. The Morgan fingerprint density at radius 1 is 1.08 bits per heavy atom. The summed E-state index contributed by atoms with van der Waals surface area (Å²) >= 11 is 0. The Balaban J connectivity index is 2.35. The third kappa shape index (κ3) is 1.59. The van der Waals surface area contributed by atoms with Gasteiger partial charge in [0.15, 0.2) is 11.5 Å². The van der Waals surface area contributed by atoms with Gasteiger partial charge in [-0.2, -0.15) is 0 Å². The van der Waals surface area contributed by atoms with Crippen molar-refractivity contribution in [3.8, 4) is 11.5 Å². The SMILES string of the molecule is NC(N)c1ccc2c(c1)OCCO2. The predicted molar refractivity (Wildman–Crippen MR) is 48.5 cm³/mol. The molecule has 0 atom stereocenters. The van der Waals surface area contributed by atoms with E-state index >= 15 is 0 Å². The largest absolute Gasteiger partial charge is 0.486 e. The molecule has 4 heteroatoms. The molecule has 4 N–H and O–H groups in total. The highest BCUT2D eigenvalue weighted by atomic mass is 16.6. The Labute approximate surface area is 76.4 Å². The summed E-state index contributed by atoms with van der Waals surface area (Å²) in [5, 5.41) is 0. The van der Waals surface area contributed by atoms with E-state index in [4.69, 9.17) is 20.9 Å². The first-order valence-electron chi connectivity index (χ1n) is 4.18. The number of rotatable bonds is 1. The second kappa shape index (κ2) is 3.24. The summed E-state index contributed by atoms with van der Waals surface area (Å²) in [6.45, 7) is 1.18. The molecule has 70 valence electrons. The third-order valence-electron chi connectivity index (χ3n) is 1.95. The Hall–Kier alpha value is -1.26. The number of fused-ring (bicyclic) bond motifs is 1. The number of ether oxygens (including phenoxy) is 2. The summed E-state index contributed by atoms with van der Waals surface area (Å²) < 4.78 is 10.7. The van der Waals surface area contributed by atoms with Gasteiger partial charge >= 0.3 is 0 Å². The van der Waals surface area contributed by atoms with Crippen molar-refractivity contribution in [3.63, 3.8) is 0 Å². The van der Waals surface area contributed by atoms with Crippen molar-refractivity contribution in [2.24, 2.45) is 11.5 Å². The molecule has 2 rings (SSSR count). The van der Waals surface area contributed by atoms with Crippen molar-refractivity contribution < 1.29 is 9.47 Å². The molecule has 1 aliphatic rings. The maximum atomic E-state index is 5.53. The highest BCUT2D eigenvalue weighted by molar-refractivity contribution is 5.44. The fourth-order valence-corrected chi connectivity index (χ4v) is 1.27. The number of hydrogen-bond donors (Lipinski definition) is 2. The van der Waals surface area contributed by atoms with E-state index in [1.165, 1.54) is 0 Å². The van der Waals surface area contributed by atoms with Gasteiger partial charge in [0.25, 0.3) is 0 Å². The van der Waals surface area contributed by atoms with E-state index < -0.39 is 6.17 Å². The van der Waals surface area contributed by atoms with Gasteiger partial charge in [-0.1, -0.05) is 6.07 Å². The summed E-state index contributed by atoms with van der Waals surface area (Å²) in [6, 6.07) is 5.49. The van der Waals surface area contributed by atoms with Gasteiger partial charge in [-0.25, -0.2) is 0 Å². The Morgan fingerprint density at radius 2 is 1.77 bits per heavy atom. The van der Waals surface area contributed by atoms with Gasteiger partial charge in [0, 0.05) is 0 Å². The highest BCUT2D eigenvalue weighted by Gasteiger charge is 2.12. The molecular formula is C9H12N2O2. The fourth-order valence-electron chi connectivity index (χ4n) is 1.27. The quantitative estimate of drug-likeness (QED) is 0.613. The van der Waals surface area contributed by atoms with E-state index in [0.29, 0.717) is 13.2 Å². The maximum Gasteiger partial charge on any atom is 0.161 e. The van der Waals surface area contributed by atoms with Gasteiger partial charge in [-0.3, -0.25) is 0 Å². The van der Waals surface area contributed by atoms with Gasteiger partial charge in [0.05, 0.1) is 6.17 Å². The van der Waals surface area contributed by atoms with Crippen molar-refractivity contribution in [1.82, 2.24) is 0 Å². The van der Waals surface area contributed by atoms with Crippen LogP contribution in [0.15, 0.2) is 18.2 Å². The molecular weight excluding hydrogens is 168 g/mol. The molecule has 0 saturated carbocycles. The third-order valence-corrected chi connectivity index (χ3v) is 1.95. The molecule has 0 aliphatic carbocycles. The van der Waals surface area contributed by atoms with E-state index in [2.05, 4.69) is 0 Å². The summed E-state index contributed by atoms with van der Waals surface area (Å²) in [7, 11) is 0. The van der Waals surface area contributed by atoms with Crippen LogP contribution >= 0.6 is 0 Å². The van der Waals surface area contributed by atoms with E-state index in [1.54, 1.807) is 0 Å². The van der Waals surface area contributed by atoms with Crippen LogP contribution in [0.1, 0.15) is 11.7 Å². The smallest absolute Gasteiger partial charge is 0.161 e. The molecule has 0 amide bonds. The lowest BCUT2D eigenvalue weighted by Gasteiger charge is -2.19. The molecule has 0 fully saturated rings. The van der Waals surface area contributed by atoms with Crippen LogP contribution in [0.3, 0.4) is 0 Å². The van der Waals surface area contributed by atoms with Crippen molar-refractivity contribution in [2.75, 3.05) is 13.2 Å². The number of hydrogen-bond acceptors (Lipinski definition) is 4. The van der Waals surface area contributed by atoms with E-state index in [0.717, 1.165) is 17.1 Å². The zero-order chi connectivity index (χ0) is 9.26. The summed E-state index contributed by atoms with van der Waals surface area (Å²) in [5.74, 6) is 1.49. The van der Waals surface area contributed by atoms with Crippen molar-refractivity contribution in [2.45, 2.75) is 6.17 Å². The second-order valence-corrected chi connectivity index (χ2v) is 2.93. The first-order chi connectivity index (χ1) is 6.27. The average Bonchev–Trinajstić information content (AvgIpc) is 2.17. The van der Waals surface area contributed by atoms with Gasteiger partial charge in [0.1, 0.15) is 13.2 Å². The van der Waals surface area contributed by atoms with E-state index in [9.17, 15) is 0 Å². The standard InChI is InChI=1S/C9H12N2O2/c10-9(11)6-1-2-7-8(5-6)13-4-3-12-7/h1-2,5,9H,3-4,10-11H2. The molecule has 13 heavy (non-hydrogen) atoms. The minimum absolute atomic E-state index is 0.462. The van der Waals surface area contributed by atoms with Gasteiger partial charge in [-0.05, 0) is 17.7 Å². The molecule has 0 unspecified atom stereocenters. The normalized spacial score (nSPS) is 14.7. The lowest BCUT2D eigenvalue weighted by atomic mass is 10.1. The summed E-state index contributed by atoms with van der Waals surface area (Å²) in [4.78, 5) is 0. The minimum atomic E-state index is -0.462. The molecule has 1 aromatic rings. The van der Waals surface area contributed by atoms with Gasteiger partial charge in [0.2, 0.25) is 0 Å². The Morgan fingerprint density at radius 3 is 2.46 bits per heavy atom.